The lowest BCUT2D eigenvalue weighted by Crippen LogP contribution is -2.00. The molecule has 0 radical (unpaired) electrons. The van der Waals surface area contributed by atoms with Gasteiger partial charge in [0.15, 0.2) is 0 Å². The largest absolute Gasteiger partial charge is 0.409 e. The second-order valence-corrected chi connectivity index (χ2v) is 3.48. The van der Waals surface area contributed by atoms with Gasteiger partial charge in [-0.1, -0.05) is 42.5 Å². The zero-order valence-electron chi connectivity index (χ0n) is 8.33. The minimum atomic E-state index is -4.26. The Morgan fingerprint density at radius 3 is 2.25 bits per heavy atom. The lowest BCUT2D eigenvalue weighted by Gasteiger charge is -2.00. The van der Waals surface area contributed by atoms with Crippen LogP contribution in [0.1, 0.15) is 5.56 Å². The van der Waals surface area contributed by atoms with Gasteiger partial charge in [0.2, 0.25) is 0 Å². The van der Waals surface area contributed by atoms with Crippen LogP contribution in [0, 0.1) is 0 Å². The van der Waals surface area contributed by atoms with Crippen molar-refractivity contribution in [3.8, 4) is 0 Å². The standard InChI is InChI=1S/C13H9F3/c14-13(15,16)8-7-10-5-6-11-3-1-2-4-12(11)9-10/h1-9H/b8-7-. The molecule has 0 aliphatic rings. The molecule has 3 heteroatoms. The van der Waals surface area contributed by atoms with Gasteiger partial charge in [-0.25, -0.2) is 0 Å². The summed E-state index contributed by atoms with van der Waals surface area (Å²) in [5.41, 5.74) is 0.552. The number of hydrogen-bond acceptors (Lipinski definition) is 0. The third-order valence-electron chi connectivity index (χ3n) is 2.24. The van der Waals surface area contributed by atoms with Gasteiger partial charge in [-0.3, -0.25) is 0 Å². The molecule has 0 N–H and O–H groups in total. The van der Waals surface area contributed by atoms with Crippen molar-refractivity contribution >= 4 is 16.8 Å². The van der Waals surface area contributed by atoms with Gasteiger partial charge in [0, 0.05) is 6.08 Å². The molecule has 0 atom stereocenters. The van der Waals surface area contributed by atoms with E-state index in [1.54, 1.807) is 12.1 Å². The summed E-state index contributed by atoms with van der Waals surface area (Å²) in [4.78, 5) is 0. The summed E-state index contributed by atoms with van der Waals surface area (Å²) >= 11 is 0. The van der Waals surface area contributed by atoms with Crippen LogP contribution in [0.4, 0.5) is 13.2 Å². The van der Waals surface area contributed by atoms with Gasteiger partial charge in [-0.15, -0.1) is 0 Å². The molecule has 0 unspecified atom stereocenters. The molecule has 2 rings (SSSR count). The van der Waals surface area contributed by atoms with Crippen LogP contribution >= 0.6 is 0 Å². The number of fused-ring (bicyclic) bond motifs is 1. The molecule has 0 aromatic heterocycles. The van der Waals surface area contributed by atoms with Crippen LogP contribution in [0.15, 0.2) is 48.5 Å². The molecule has 0 fully saturated rings. The summed E-state index contributed by atoms with van der Waals surface area (Å²) in [7, 11) is 0. The number of alkyl halides is 3. The van der Waals surface area contributed by atoms with E-state index in [1.165, 1.54) is 0 Å². The van der Waals surface area contributed by atoms with E-state index in [4.69, 9.17) is 0 Å². The van der Waals surface area contributed by atoms with E-state index in [0.29, 0.717) is 5.56 Å². The van der Waals surface area contributed by atoms with E-state index in [9.17, 15) is 13.2 Å². The van der Waals surface area contributed by atoms with Crippen LogP contribution in [0.2, 0.25) is 0 Å². The fraction of sp³-hybridized carbons (Fsp3) is 0.0769. The summed E-state index contributed by atoms with van der Waals surface area (Å²) in [6.45, 7) is 0. The molecule has 2 aromatic rings. The zero-order valence-corrected chi connectivity index (χ0v) is 8.33. The highest BCUT2D eigenvalue weighted by Gasteiger charge is 2.21. The predicted molar refractivity (Wildman–Crippen MR) is 59.0 cm³/mol. The molecule has 82 valence electrons. The Morgan fingerprint density at radius 1 is 0.875 bits per heavy atom. The molecule has 0 amide bonds. The van der Waals surface area contributed by atoms with E-state index < -0.39 is 6.18 Å². The van der Waals surface area contributed by atoms with Crippen LogP contribution in [0.3, 0.4) is 0 Å². The molecule has 0 saturated heterocycles. The maximum absolute atomic E-state index is 12.0. The number of rotatable bonds is 1. The van der Waals surface area contributed by atoms with E-state index in [2.05, 4.69) is 0 Å². The minimum Gasteiger partial charge on any atom is -0.167 e. The minimum absolute atomic E-state index is 0.247. The first-order chi connectivity index (χ1) is 7.54. The predicted octanol–water partition coefficient (Wildman–Crippen LogP) is 4.42. The van der Waals surface area contributed by atoms with Crippen LogP contribution in [-0.4, -0.2) is 6.18 Å². The number of allylic oxidation sites excluding steroid dienone is 1. The van der Waals surface area contributed by atoms with Crippen molar-refractivity contribution in [1.82, 2.24) is 0 Å². The van der Waals surface area contributed by atoms with Crippen molar-refractivity contribution in [2.75, 3.05) is 0 Å². The smallest absolute Gasteiger partial charge is 0.167 e. The Labute approximate surface area is 91.0 Å². The second kappa shape index (κ2) is 4.00. The van der Waals surface area contributed by atoms with Crippen molar-refractivity contribution in [1.29, 1.82) is 0 Å². The van der Waals surface area contributed by atoms with Gasteiger partial charge < -0.3 is 0 Å². The number of hydrogen-bond donors (Lipinski definition) is 0. The van der Waals surface area contributed by atoms with E-state index in [0.717, 1.165) is 16.8 Å². The van der Waals surface area contributed by atoms with Crippen LogP contribution in [0.25, 0.3) is 16.8 Å². The SMILES string of the molecule is FC(F)(F)/C=C\c1ccc2ccccc2c1. The van der Waals surface area contributed by atoms with Gasteiger partial charge in [0.1, 0.15) is 0 Å². The third-order valence-corrected chi connectivity index (χ3v) is 2.24. The fourth-order valence-electron chi connectivity index (χ4n) is 1.50. The molecule has 2 aromatic carbocycles. The summed E-state index contributed by atoms with van der Waals surface area (Å²) in [6.07, 6.45) is -2.94. The highest BCUT2D eigenvalue weighted by Crippen LogP contribution is 2.20. The molecule has 0 heterocycles. The van der Waals surface area contributed by atoms with Gasteiger partial charge >= 0.3 is 6.18 Å². The number of halogens is 3. The Bertz CT molecular complexity index is 524. The van der Waals surface area contributed by atoms with E-state index in [1.807, 2.05) is 30.3 Å². The molecular formula is C13H9F3. The molecule has 0 spiro atoms. The Balaban J connectivity index is 2.37. The van der Waals surface area contributed by atoms with Gasteiger partial charge in [-0.05, 0) is 22.4 Å². The van der Waals surface area contributed by atoms with E-state index in [-0.39, 0.29) is 6.08 Å². The zero-order chi connectivity index (χ0) is 11.6. The fourth-order valence-corrected chi connectivity index (χ4v) is 1.50. The Hall–Kier alpha value is -1.77. The van der Waals surface area contributed by atoms with Crippen molar-refractivity contribution in [3.63, 3.8) is 0 Å². The van der Waals surface area contributed by atoms with Gasteiger partial charge in [0.05, 0.1) is 0 Å². The molecular weight excluding hydrogens is 213 g/mol. The normalized spacial score (nSPS) is 12.4. The molecule has 0 bridgehead atoms. The number of benzene rings is 2. The Morgan fingerprint density at radius 2 is 1.56 bits per heavy atom. The van der Waals surface area contributed by atoms with Crippen LogP contribution in [-0.2, 0) is 0 Å². The van der Waals surface area contributed by atoms with Crippen molar-refractivity contribution in [2.45, 2.75) is 6.18 Å². The first-order valence-corrected chi connectivity index (χ1v) is 4.79. The van der Waals surface area contributed by atoms with Crippen molar-refractivity contribution in [3.05, 3.63) is 54.1 Å². The molecule has 16 heavy (non-hydrogen) atoms. The maximum atomic E-state index is 12.0. The van der Waals surface area contributed by atoms with Crippen molar-refractivity contribution in [2.24, 2.45) is 0 Å². The molecule has 0 nitrogen and oxygen atoms in total. The summed E-state index contributed by atoms with van der Waals surface area (Å²) < 4.78 is 35.9. The van der Waals surface area contributed by atoms with Gasteiger partial charge in [0.25, 0.3) is 0 Å². The van der Waals surface area contributed by atoms with Crippen molar-refractivity contribution < 1.29 is 13.2 Å². The topological polar surface area (TPSA) is 0 Å². The van der Waals surface area contributed by atoms with Crippen LogP contribution < -0.4 is 0 Å². The highest BCUT2D eigenvalue weighted by molar-refractivity contribution is 5.84. The molecule has 0 saturated carbocycles. The summed E-state index contributed by atoms with van der Waals surface area (Å²) in [5.74, 6) is 0. The lowest BCUT2D eigenvalue weighted by atomic mass is 10.1. The first kappa shape index (κ1) is 10.7. The molecule has 0 aliphatic carbocycles. The Kier molecular flexibility index (Phi) is 2.69. The first-order valence-electron chi connectivity index (χ1n) is 4.79. The summed E-state index contributed by atoms with van der Waals surface area (Å²) in [6, 6.07) is 12.8. The van der Waals surface area contributed by atoms with E-state index >= 15 is 0 Å². The van der Waals surface area contributed by atoms with Gasteiger partial charge in [-0.2, -0.15) is 13.2 Å². The quantitative estimate of drug-likeness (QED) is 0.670. The lowest BCUT2D eigenvalue weighted by molar-refractivity contribution is -0.0790. The monoisotopic (exact) mass is 222 g/mol. The van der Waals surface area contributed by atoms with Crippen LogP contribution in [0.5, 0.6) is 0 Å². The average molecular weight is 222 g/mol. The third kappa shape index (κ3) is 2.63. The maximum Gasteiger partial charge on any atom is 0.409 e. The molecule has 0 aliphatic heterocycles. The second-order valence-electron chi connectivity index (χ2n) is 3.48. The highest BCUT2D eigenvalue weighted by atomic mass is 19.4. The average Bonchev–Trinajstić information content (AvgIpc) is 2.25. The summed E-state index contributed by atoms with van der Waals surface area (Å²) in [5, 5.41) is 1.96.